The quantitative estimate of drug-likeness (QED) is 0.535. The minimum Gasteiger partial charge on any atom is -0.465 e. The van der Waals surface area contributed by atoms with Crippen LogP contribution in [0.4, 0.5) is 15.4 Å². The molecule has 41 heavy (non-hydrogen) atoms. The molecule has 218 valence electrons. The van der Waals surface area contributed by atoms with Crippen LogP contribution >= 0.6 is 0 Å². The number of carbonyl (C=O) groups excluding carboxylic acids is 1. The lowest BCUT2D eigenvalue weighted by molar-refractivity contribution is 0.0767. The summed E-state index contributed by atoms with van der Waals surface area (Å²) in [6.45, 7) is 3.45. The highest BCUT2D eigenvalue weighted by molar-refractivity contribution is 5.69. The fourth-order valence-electron chi connectivity index (χ4n) is 5.81. The van der Waals surface area contributed by atoms with Crippen LogP contribution in [0.15, 0.2) is 30.3 Å². The summed E-state index contributed by atoms with van der Waals surface area (Å²) in [6, 6.07) is 11.8. The van der Waals surface area contributed by atoms with Crippen LogP contribution in [0, 0.1) is 11.3 Å². The number of carboxylic acid groups (broad SMARTS) is 1. The Kier molecular flexibility index (Phi) is 9.04. The van der Waals surface area contributed by atoms with E-state index in [0.717, 1.165) is 30.5 Å². The summed E-state index contributed by atoms with van der Waals surface area (Å²) in [5.74, 6) is 0.692. The van der Waals surface area contributed by atoms with E-state index < -0.39 is 12.2 Å². The largest absolute Gasteiger partial charge is 0.465 e. The molecule has 3 aliphatic heterocycles. The second-order valence-corrected chi connectivity index (χ2v) is 10.8. The topological polar surface area (TPSA) is 135 Å². The Morgan fingerprint density at radius 3 is 2.66 bits per heavy atom. The van der Waals surface area contributed by atoms with Crippen molar-refractivity contribution in [1.29, 1.82) is 5.26 Å². The first-order valence-electron chi connectivity index (χ1n) is 14.2. The lowest BCUT2D eigenvalue weighted by Crippen LogP contribution is -2.55. The van der Waals surface area contributed by atoms with E-state index in [0.29, 0.717) is 57.1 Å². The van der Waals surface area contributed by atoms with Gasteiger partial charge in [0.2, 0.25) is 0 Å². The molecule has 2 saturated heterocycles. The molecule has 1 aromatic heterocycles. The molecule has 2 fully saturated rings. The number of nitriles is 1. The smallest absolute Gasteiger partial charge is 0.410 e. The van der Waals surface area contributed by atoms with Crippen molar-refractivity contribution >= 4 is 18.0 Å². The Balaban J connectivity index is 1.36. The minimum absolute atomic E-state index is 0.147. The first-order valence-corrected chi connectivity index (χ1v) is 14.2. The van der Waals surface area contributed by atoms with Gasteiger partial charge in [-0.1, -0.05) is 30.3 Å². The van der Waals surface area contributed by atoms with Gasteiger partial charge in [-0.2, -0.15) is 15.2 Å². The Hall–Kier alpha value is -4.11. The van der Waals surface area contributed by atoms with Crippen molar-refractivity contribution < 1.29 is 24.2 Å². The summed E-state index contributed by atoms with van der Waals surface area (Å²) in [7, 11) is 2.08. The summed E-state index contributed by atoms with van der Waals surface area (Å²) in [4.78, 5) is 41.7. The highest BCUT2D eigenvalue weighted by Crippen LogP contribution is 2.31. The van der Waals surface area contributed by atoms with Crippen molar-refractivity contribution in [2.24, 2.45) is 0 Å². The Morgan fingerprint density at radius 2 is 1.93 bits per heavy atom. The van der Waals surface area contributed by atoms with Gasteiger partial charge >= 0.3 is 18.2 Å². The van der Waals surface area contributed by atoms with Crippen LogP contribution in [0.3, 0.4) is 0 Å². The first kappa shape index (κ1) is 28.4. The van der Waals surface area contributed by atoms with E-state index in [1.807, 2.05) is 30.3 Å². The SMILES string of the molecule is CN1CCC[C@H]1COc1nc2c(c(N3CCN(C(=O)OCc4ccccc4)[C@@H](CC#N)C3)n1)CCCN(C(=O)O)C2. The maximum absolute atomic E-state index is 13.0. The number of rotatable bonds is 7. The zero-order valence-electron chi connectivity index (χ0n) is 23.4. The van der Waals surface area contributed by atoms with Crippen LogP contribution in [0.5, 0.6) is 6.01 Å². The number of ether oxygens (including phenoxy) is 2. The predicted octanol–water partition coefficient (Wildman–Crippen LogP) is 3.12. The van der Waals surface area contributed by atoms with E-state index in [1.165, 1.54) is 4.90 Å². The standard InChI is InChI=1S/C29H37N7O5/c1-33-13-5-9-23(33)20-40-27-31-25-18-35(28(37)38)14-6-10-24(25)26(32-27)34-15-16-36(22(17-34)11-12-30)29(39)41-19-21-7-3-2-4-8-21/h2-4,7-8,22-23H,5-6,9-11,13-20H2,1H3,(H,37,38)/t22-,23-/m0/s1. The number of piperazine rings is 1. The van der Waals surface area contributed by atoms with Gasteiger partial charge < -0.3 is 34.2 Å². The molecule has 0 radical (unpaired) electrons. The van der Waals surface area contributed by atoms with E-state index >= 15 is 0 Å². The third kappa shape index (κ3) is 6.79. The van der Waals surface area contributed by atoms with Gasteiger partial charge in [-0.3, -0.25) is 0 Å². The van der Waals surface area contributed by atoms with Crippen molar-refractivity contribution in [1.82, 2.24) is 24.7 Å². The molecule has 2 amide bonds. The third-order valence-electron chi connectivity index (χ3n) is 8.14. The number of aromatic nitrogens is 2. The average Bonchev–Trinajstić information content (AvgIpc) is 3.26. The molecule has 1 N–H and O–H groups in total. The number of nitrogens with zero attached hydrogens (tertiary/aromatic N) is 7. The molecular formula is C29H37N7O5. The fourth-order valence-corrected chi connectivity index (χ4v) is 5.81. The zero-order valence-corrected chi connectivity index (χ0v) is 23.4. The molecule has 1 aromatic carbocycles. The van der Waals surface area contributed by atoms with Crippen molar-refractivity contribution in [2.45, 2.75) is 57.3 Å². The number of anilines is 1. The number of likely N-dealkylation sites (tertiary alicyclic amines) is 1. The molecule has 0 bridgehead atoms. The molecule has 2 atom stereocenters. The predicted molar refractivity (Wildman–Crippen MR) is 149 cm³/mol. The van der Waals surface area contributed by atoms with Gasteiger partial charge in [0.1, 0.15) is 19.0 Å². The summed E-state index contributed by atoms with van der Waals surface area (Å²) in [6.07, 6.45) is 2.15. The molecule has 5 rings (SSSR count). The highest BCUT2D eigenvalue weighted by atomic mass is 16.6. The number of carbonyl (C=O) groups is 2. The number of fused-ring (bicyclic) bond motifs is 1. The maximum Gasteiger partial charge on any atom is 0.410 e. The van der Waals surface area contributed by atoms with Crippen molar-refractivity contribution in [3.63, 3.8) is 0 Å². The second kappa shape index (κ2) is 13.0. The summed E-state index contributed by atoms with van der Waals surface area (Å²) < 4.78 is 11.7. The summed E-state index contributed by atoms with van der Waals surface area (Å²) in [5, 5.41) is 19.3. The van der Waals surface area contributed by atoms with Gasteiger partial charge in [0.05, 0.1) is 30.8 Å². The van der Waals surface area contributed by atoms with Crippen molar-refractivity contribution in [3.8, 4) is 12.1 Å². The van der Waals surface area contributed by atoms with Gasteiger partial charge in [-0.05, 0) is 44.8 Å². The van der Waals surface area contributed by atoms with Gasteiger partial charge in [0.15, 0.2) is 0 Å². The number of amides is 2. The van der Waals surface area contributed by atoms with Crippen LogP contribution in [-0.2, 0) is 24.3 Å². The number of benzene rings is 1. The molecular weight excluding hydrogens is 526 g/mol. The molecule has 0 aliphatic carbocycles. The van der Waals surface area contributed by atoms with Crippen molar-refractivity contribution in [2.75, 3.05) is 51.3 Å². The van der Waals surface area contributed by atoms with Crippen LogP contribution in [0.2, 0.25) is 0 Å². The van der Waals surface area contributed by atoms with E-state index in [9.17, 15) is 20.0 Å². The molecule has 0 saturated carbocycles. The number of hydrogen-bond acceptors (Lipinski definition) is 9. The van der Waals surface area contributed by atoms with Gasteiger partial charge in [0.25, 0.3) is 0 Å². The van der Waals surface area contributed by atoms with Gasteiger partial charge in [-0.15, -0.1) is 0 Å². The summed E-state index contributed by atoms with van der Waals surface area (Å²) in [5.41, 5.74) is 2.44. The van der Waals surface area contributed by atoms with Gasteiger partial charge in [0, 0.05) is 37.8 Å². The van der Waals surface area contributed by atoms with E-state index in [1.54, 1.807) is 4.90 Å². The third-order valence-corrected chi connectivity index (χ3v) is 8.14. The monoisotopic (exact) mass is 563 g/mol. The summed E-state index contributed by atoms with van der Waals surface area (Å²) >= 11 is 0. The lowest BCUT2D eigenvalue weighted by Gasteiger charge is -2.41. The first-order chi connectivity index (χ1) is 19.9. The minimum atomic E-state index is -0.982. The highest BCUT2D eigenvalue weighted by Gasteiger charge is 2.35. The molecule has 0 unspecified atom stereocenters. The number of hydrogen-bond donors (Lipinski definition) is 1. The molecule has 3 aliphatic rings. The molecule has 12 nitrogen and oxygen atoms in total. The van der Waals surface area contributed by atoms with Crippen LogP contribution in [0.25, 0.3) is 0 Å². The molecule has 12 heteroatoms. The normalized spacial score (nSPS) is 21.1. The molecule has 4 heterocycles. The van der Waals surface area contributed by atoms with E-state index in [2.05, 4.69) is 27.9 Å². The fraction of sp³-hybridized carbons (Fsp3) is 0.552. The van der Waals surface area contributed by atoms with Crippen molar-refractivity contribution in [3.05, 3.63) is 47.2 Å². The van der Waals surface area contributed by atoms with Crippen LogP contribution in [0.1, 0.15) is 42.5 Å². The van der Waals surface area contributed by atoms with Gasteiger partial charge in [-0.25, -0.2) is 9.59 Å². The zero-order chi connectivity index (χ0) is 28.8. The van der Waals surface area contributed by atoms with Crippen LogP contribution < -0.4 is 9.64 Å². The molecule has 0 spiro atoms. The molecule has 2 aromatic rings. The Bertz CT molecular complexity index is 1270. The van der Waals surface area contributed by atoms with E-state index in [-0.39, 0.29) is 37.7 Å². The lowest BCUT2D eigenvalue weighted by atomic mass is 10.1. The second-order valence-electron chi connectivity index (χ2n) is 10.8. The van der Waals surface area contributed by atoms with E-state index in [4.69, 9.17) is 14.5 Å². The Labute approximate surface area is 240 Å². The maximum atomic E-state index is 13.0. The Morgan fingerprint density at radius 1 is 1.10 bits per heavy atom. The van der Waals surface area contributed by atoms with Crippen LogP contribution in [-0.4, -0.2) is 100 Å². The number of likely N-dealkylation sites (N-methyl/N-ethyl adjacent to an activating group) is 1. The average molecular weight is 564 g/mol.